The average molecular weight is 276 g/mol. The maximum absolute atomic E-state index is 12.0. The first kappa shape index (κ1) is 15.3. The van der Waals surface area contributed by atoms with Crippen LogP contribution in [0, 0.1) is 0 Å². The van der Waals surface area contributed by atoms with Crippen molar-refractivity contribution < 1.29 is 19.4 Å². The van der Waals surface area contributed by atoms with Crippen LogP contribution in [0.5, 0.6) is 0 Å². The molecular weight excluding hydrogens is 256 g/mol. The summed E-state index contributed by atoms with van der Waals surface area (Å²) in [4.78, 5) is 24.6. The van der Waals surface area contributed by atoms with Gasteiger partial charge in [-0.15, -0.1) is 11.8 Å². The van der Waals surface area contributed by atoms with Gasteiger partial charge in [0.15, 0.2) is 0 Å². The number of carboxylic acids is 1. The number of amides is 1. The van der Waals surface area contributed by atoms with Crippen LogP contribution in [0.3, 0.4) is 0 Å². The molecule has 18 heavy (non-hydrogen) atoms. The molecule has 2 unspecified atom stereocenters. The van der Waals surface area contributed by atoms with Gasteiger partial charge in [-0.25, -0.2) is 4.79 Å². The van der Waals surface area contributed by atoms with Crippen molar-refractivity contribution in [3.8, 4) is 0 Å². The van der Waals surface area contributed by atoms with Gasteiger partial charge < -0.3 is 20.1 Å². The zero-order chi connectivity index (χ0) is 13.5. The van der Waals surface area contributed by atoms with E-state index >= 15 is 0 Å². The SMILES string of the molecule is CCC1SCC(C(=O)O)N1C(=O)CNCCOC. The molecule has 2 atom stereocenters. The number of thioether (sulfide) groups is 1. The molecule has 0 aromatic heterocycles. The highest BCUT2D eigenvalue weighted by molar-refractivity contribution is 8.00. The van der Waals surface area contributed by atoms with E-state index in [-0.39, 0.29) is 17.8 Å². The molecule has 0 aromatic carbocycles. The van der Waals surface area contributed by atoms with Gasteiger partial charge >= 0.3 is 5.97 Å². The predicted octanol–water partition coefficient (Wildman–Crippen LogP) is -0.0129. The Morgan fingerprint density at radius 1 is 1.56 bits per heavy atom. The van der Waals surface area contributed by atoms with E-state index in [4.69, 9.17) is 9.84 Å². The Balaban J connectivity index is 2.52. The minimum atomic E-state index is -0.927. The molecule has 0 saturated carbocycles. The third kappa shape index (κ3) is 3.86. The summed E-state index contributed by atoms with van der Waals surface area (Å²) in [5.74, 6) is -0.614. The number of hydrogen-bond donors (Lipinski definition) is 2. The van der Waals surface area contributed by atoms with Crippen LogP contribution in [0.2, 0.25) is 0 Å². The van der Waals surface area contributed by atoms with Gasteiger partial charge in [-0.3, -0.25) is 4.79 Å². The van der Waals surface area contributed by atoms with Crippen molar-refractivity contribution in [1.29, 1.82) is 0 Å². The zero-order valence-electron chi connectivity index (χ0n) is 10.7. The number of hydrogen-bond acceptors (Lipinski definition) is 5. The fraction of sp³-hybridized carbons (Fsp3) is 0.818. The number of nitrogens with zero attached hydrogens (tertiary/aromatic N) is 1. The number of carboxylic acid groups (broad SMARTS) is 1. The molecule has 7 heteroatoms. The molecule has 6 nitrogen and oxygen atoms in total. The third-order valence-electron chi connectivity index (χ3n) is 2.77. The molecule has 2 N–H and O–H groups in total. The first-order valence-electron chi connectivity index (χ1n) is 5.97. The lowest BCUT2D eigenvalue weighted by Gasteiger charge is -2.26. The summed E-state index contributed by atoms with van der Waals surface area (Å²) in [5.41, 5.74) is 0. The molecule has 1 fully saturated rings. The summed E-state index contributed by atoms with van der Waals surface area (Å²) in [6, 6.07) is -0.698. The van der Waals surface area contributed by atoms with Gasteiger partial charge in [-0.05, 0) is 6.42 Å². The first-order chi connectivity index (χ1) is 8.61. The summed E-state index contributed by atoms with van der Waals surface area (Å²) in [6.45, 7) is 3.23. The Hall–Kier alpha value is -0.790. The van der Waals surface area contributed by atoms with Crippen molar-refractivity contribution in [3.05, 3.63) is 0 Å². The van der Waals surface area contributed by atoms with Gasteiger partial charge in [0.25, 0.3) is 0 Å². The molecule has 1 aliphatic heterocycles. The van der Waals surface area contributed by atoms with Crippen LogP contribution in [-0.4, -0.2) is 65.9 Å². The smallest absolute Gasteiger partial charge is 0.327 e. The Morgan fingerprint density at radius 2 is 2.28 bits per heavy atom. The zero-order valence-corrected chi connectivity index (χ0v) is 11.5. The highest BCUT2D eigenvalue weighted by Gasteiger charge is 2.40. The Morgan fingerprint density at radius 3 is 2.83 bits per heavy atom. The molecule has 1 aliphatic rings. The minimum Gasteiger partial charge on any atom is -0.480 e. The lowest BCUT2D eigenvalue weighted by molar-refractivity contribution is -0.148. The molecular formula is C11H20N2O4S. The van der Waals surface area contributed by atoms with Crippen molar-refractivity contribution in [3.63, 3.8) is 0 Å². The molecule has 0 spiro atoms. The molecule has 0 aromatic rings. The largest absolute Gasteiger partial charge is 0.480 e. The standard InChI is InChI=1S/C11H20N2O4S/c1-3-10-13(8(7-18-10)11(15)16)9(14)6-12-4-5-17-2/h8,10,12H,3-7H2,1-2H3,(H,15,16). The maximum atomic E-state index is 12.0. The van der Waals surface area contributed by atoms with E-state index in [1.165, 1.54) is 16.7 Å². The Labute approximate surface area is 111 Å². The van der Waals surface area contributed by atoms with Crippen molar-refractivity contribution in [2.45, 2.75) is 24.8 Å². The monoisotopic (exact) mass is 276 g/mol. The van der Waals surface area contributed by atoms with E-state index in [0.717, 1.165) is 6.42 Å². The molecule has 1 rings (SSSR count). The van der Waals surface area contributed by atoms with Crippen molar-refractivity contribution in [2.75, 3.05) is 32.6 Å². The lowest BCUT2D eigenvalue weighted by atomic mass is 10.2. The van der Waals surface area contributed by atoms with Crippen LogP contribution < -0.4 is 5.32 Å². The summed E-state index contributed by atoms with van der Waals surface area (Å²) in [7, 11) is 1.59. The highest BCUT2D eigenvalue weighted by atomic mass is 32.2. The van der Waals surface area contributed by atoms with Crippen LogP contribution in [0.25, 0.3) is 0 Å². The lowest BCUT2D eigenvalue weighted by Crippen LogP contribution is -2.48. The number of carbonyl (C=O) groups excluding carboxylic acids is 1. The van der Waals surface area contributed by atoms with Gasteiger partial charge in [0.05, 0.1) is 18.5 Å². The second kappa shape index (κ2) is 7.60. The molecule has 1 amide bonds. The number of rotatable bonds is 7. The number of nitrogens with one attached hydrogen (secondary N) is 1. The number of aliphatic carboxylic acids is 1. The fourth-order valence-corrected chi connectivity index (χ4v) is 3.23. The van der Waals surface area contributed by atoms with Crippen molar-refractivity contribution in [2.24, 2.45) is 0 Å². The van der Waals surface area contributed by atoms with Crippen LogP contribution in [0.1, 0.15) is 13.3 Å². The van der Waals surface area contributed by atoms with Gasteiger partial charge in [0.1, 0.15) is 6.04 Å². The quantitative estimate of drug-likeness (QED) is 0.637. The summed E-state index contributed by atoms with van der Waals surface area (Å²) < 4.78 is 4.87. The first-order valence-corrected chi connectivity index (χ1v) is 7.01. The van der Waals surface area contributed by atoms with Crippen LogP contribution in [-0.2, 0) is 14.3 Å². The van der Waals surface area contributed by atoms with Crippen LogP contribution >= 0.6 is 11.8 Å². The second-order valence-electron chi connectivity index (χ2n) is 4.02. The maximum Gasteiger partial charge on any atom is 0.327 e. The molecule has 0 bridgehead atoms. The molecule has 0 aliphatic carbocycles. The van der Waals surface area contributed by atoms with Crippen LogP contribution in [0.4, 0.5) is 0 Å². The summed E-state index contributed by atoms with van der Waals surface area (Å²) in [5, 5.41) is 12.0. The summed E-state index contributed by atoms with van der Waals surface area (Å²) in [6.07, 6.45) is 0.762. The molecule has 104 valence electrons. The van der Waals surface area contributed by atoms with E-state index in [1.807, 2.05) is 6.92 Å². The van der Waals surface area contributed by atoms with E-state index < -0.39 is 12.0 Å². The van der Waals surface area contributed by atoms with Gasteiger partial charge in [0, 0.05) is 19.4 Å². The van der Waals surface area contributed by atoms with E-state index in [1.54, 1.807) is 7.11 Å². The normalized spacial score (nSPS) is 23.3. The summed E-state index contributed by atoms with van der Waals surface area (Å²) >= 11 is 1.53. The van der Waals surface area contributed by atoms with Gasteiger partial charge in [0.2, 0.25) is 5.91 Å². The van der Waals surface area contributed by atoms with Crippen molar-refractivity contribution in [1.82, 2.24) is 10.2 Å². The minimum absolute atomic E-state index is 0.0252. The van der Waals surface area contributed by atoms with E-state index in [2.05, 4.69) is 5.32 Å². The third-order valence-corrected chi connectivity index (χ3v) is 4.23. The van der Waals surface area contributed by atoms with E-state index in [0.29, 0.717) is 18.9 Å². The van der Waals surface area contributed by atoms with Gasteiger partial charge in [-0.1, -0.05) is 6.92 Å². The Bertz CT molecular complexity index is 301. The Kier molecular flexibility index (Phi) is 6.45. The predicted molar refractivity (Wildman–Crippen MR) is 69.6 cm³/mol. The van der Waals surface area contributed by atoms with Crippen LogP contribution in [0.15, 0.2) is 0 Å². The molecule has 1 heterocycles. The molecule has 0 radical (unpaired) electrons. The highest BCUT2D eigenvalue weighted by Crippen LogP contribution is 2.31. The second-order valence-corrected chi connectivity index (χ2v) is 5.23. The molecule has 1 saturated heterocycles. The topological polar surface area (TPSA) is 78.9 Å². The van der Waals surface area contributed by atoms with E-state index in [9.17, 15) is 9.59 Å². The van der Waals surface area contributed by atoms with Crippen molar-refractivity contribution >= 4 is 23.6 Å². The number of carbonyl (C=O) groups is 2. The van der Waals surface area contributed by atoms with Gasteiger partial charge in [-0.2, -0.15) is 0 Å². The fourth-order valence-electron chi connectivity index (χ4n) is 1.86. The number of methoxy groups -OCH3 is 1. The average Bonchev–Trinajstić information content (AvgIpc) is 2.78. The number of ether oxygens (including phenoxy) is 1.